The summed E-state index contributed by atoms with van der Waals surface area (Å²) in [6.07, 6.45) is 2.81. The predicted molar refractivity (Wildman–Crippen MR) is 102 cm³/mol. The van der Waals surface area contributed by atoms with Crippen molar-refractivity contribution in [1.29, 1.82) is 0 Å². The Morgan fingerprint density at radius 3 is 2.48 bits per heavy atom. The van der Waals surface area contributed by atoms with E-state index in [2.05, 4.69) is 66.7 Å². The number of benzene rings is 1. The Bertz CT molecular complexity index is 635. The fourth-order valence-electron chi connectivity index (χ4n) is 2.74. The van der Waals surface area contributed by atoms with Crippen molar-refractivity contribution in [2.24, 2.45) is 0 Å². The van der Waals surface area contributed by atoms with Crippen LogP contribution in [0.3, 0.4) is 0 Å². The van der Waals surface area contributed by atoms with E-state index in [-0.39, 0.29) is 11.5 Å². The van der Waals surface area contributed by atoms with Crippen LogP contribution in [0.1, 0.15) is 38.3 Å². The fourth-order valence-corrected chi connectivity index (χ4v) is 3.05. The third-order valence-electron chi connectivity index (χ3n) is 3.90. The van der Waals surface area contributed by atoms with Crippen LogP contribution in [-0.4, -0.2) is 16.1 Å². The van der Waals surface area contributed by atoms with E-state index in [1.807, 2.05) is 25.3 Å². The zero-order chi connectivity index (χ0) is 16.9. The fraction of sp³-hybridized carbons (Fsp3) is 0.368. The summed E-state index contributed by atoms with van der Waals surface area (Å²) >= 11 is 5.39. The van der Waals surface area contributed by atoms with Gasteiger partial charge in [-0.3, -0.25) is 0 Å². The second-order valence-electron chi connectivity index (χ2n) is 6.67. The highest BCUT2D eigenvalue weighted by atomic mass is 32.1. The van der Waals surface area contributed by atoms with Gasteiger partial charge in [0.25, 0.3) is 0 Å². The molecule has 122 valence electrons. The number of aryl methyl sites for hydroxylation is 1. The van der Waals surface area contributed by atoms with E-state index in [4.69, 9.17) is 12.2 Å². The first kappa shape index (κ1) is 17.4. The Morgan fingerprint density at radius 1 is 1.17 bits per heavy atom. The van der Waals surface area contributed by atoms with Crippen molar-refractivity contribution < 1.29 is 0 Å². The number of anilines is 1. The highest BCUT2D eigenvalue weighted by molar-refractivity contribution is 7.80. The van der Waals surface area contributed by atoms with Gasteiger partial charge in [0.05, 0.1) is 0 Å². The van der Waals surface area contributed by atoms with Crippen LogP contribution in [0.2, 0.25) is 0 Å². The average Bonchev–Trinajstić information content (AvgIpc) is 2.49. The third kappa shape index (κ3) is 5.32. The molecule has 0 amide bonds. The molecule has 0 aliphatic carbocycles. The summed E-state index contributed by atoms with van der Waals surface area (Å²) in [5, 5.41) is 7.09. The maximum absolute atomic E-state index is 5.39. The van der Waals surface area contributed by atoms with Gasteiger partial charge < -0.3 is 10.6 Å². The van der Waals surface area contributed by atoms with Gasteiger partial charge >= 0.3 is 0 Å². The monoisotopic (exact) mass is 327 g/mol. The molecule has 0 radical (unpaired) electrons. The predicted octanol–water partition coefficient (Wildman–Crippen LogP) is 4.43. The largest absolute Gasteiger partial charge is 0.360 e. The Balaban J connectivity index is 1.89. The molecule has 0 fully saturated rings. The minimum atomic E-state index is 0.0887. The van der Waals surface area contributed by atoms with E-state index in [0.717, 1.165) is 17.8 Å². The van der Waals surface area contributed by atoms with Crippen LogP contribution in [0.4, 0.5) is 5.82 Å². The smallest absolute Gasteiger partial charge is 0.172 e. The number of hydrogen-bond donors (Lipinski definition) is 2. The lowest BCUT2D eigenvalue weighted by Gasteiger charge is -2.29. The minimum Gasteiger partial charge on any atom is -0.360 e. The molecular formula is C19H25N3S. The molecule has 0 bridgehead atoms. The standard InChI is InChI=1S/C19H25N3S/c1-14-10-11-17(20-13-14)22-18(23)21-15(2)12-19(3,4)16-8-6-5-7-9-16/h5-11,13,15H,12H2,1-4H3,(H2,20,21,22,23)/t15-/m1/s1. The first-order chi connectivity index (χ1) is 10.9. The minimum absolute atomic E-state index is 0.0887. The average molecular weight is 327 g/mol. The quantitative estimate of drug-likeness (QED) is 0.797. The van der Waals surface area contributed by atoms with E-state index in [1.165, 1.54) is 5.56 Å². The van der Waals surface area contributed by atoms with Gasteiger partial charge in [-0.1, -0.05) is 50.2 Å². The highest BCUT2D eigenvalue weighted by Crippen LogP contribution is 2.28. The molecule has 1 aromatic heterocycles. The lowest BCUT2D eigenvalue weighted by molar-refractivity contribution is 0.420. The van der Waals surface area contributed by atoms with Crippen molar-refractivity contribution in [3.8, 4) is 0 Å². The van der Waals surface area contributed by atoms with Crippen molar-refractivity contribution >= 4 is 23.1 Å². The third-order valence-corrected chi connectivity index (χ3v) is 4.12. The van der Waals surface area contributed by atoms with Gasteiger partial charge in [-0.2, -0.15) is 0 Å². The van der Waals surface area contributed by atoms with Crippen LogP contribution in [0.5, 0.6) is 0 Å². The lowest BCUT2D eigenvalue weighted by atomic mass is 9.79. The first-order valence-corrected chi connectivity index (χ1v) is 8.33. The van der Waals surface area contributed by atoms with Crippen LogP contribution in [-0.2, 0) is 5.41 Å². The van der Waals surface area contributed by atoms with Gasteiger partial charge in [0, 0.05) is 12.2 Å². The van der Waals surface area contributed by atoms with Crippen molar-refractivity contribution in [3.63, 3.8) is 0 Å². The molecule has 3 nitrogen and oxygen atoms in total. The zero-order valence-corrected chi connectivity index (χ0v) is 15.1. The maximum Gasteiger partial charge on any atom is 0.172 e. The van der Waals surface area contributed by atoms with Gasteiger partial charge in [0.15, 0.2) is 5.11 Å². The summed E-state index contributed by atoms with van der Waals surface area (Å²) in [7, 11) is 0. The Labute approximate surface area is 144 Å². The van der Waals surface area contributed by atoms with Crippen LogP contribution < -0.4 is 10.6 Å². The van der Waals surface area contributed by atoms with E-state index >= 15 is 0 Å². The SMILES string of the molecule is Cc1ccc(NC(=S)N[C@H](C)CC(C)(C)c2ccccc2)nc1. The summed E-state index contributed by atoms with van der Waals surface area (Å²) < 4.78 is 0. The number of aromatic nitrogens is 1. The van der Waals surface area contributed by atoms with Crippen molar-refractivity contribution in [2.75, 3.05) is 5.32 Å². The van der Waals surface area contributed by atoms with E-state index < -0.39 is 0 Å². The molecule has 0 spiro atoms. The molecule has 0 unspecified atom stereocenters. The number of nitrogens with one attached hydrogen (secondary N) is 2. The Hall–Kier alpha value is -1.94. The molecule has 1 heterocycles. The summed E-state index contributed by atoms with van der Waals surface area (Å²) in [5.41, 5.74) is 2.56. The molecule has 1 atom stereocenters. The molecule has 0 aliphatic heterocycles. The molecule has 0 saturated carbocycles. The Kier molecular flexibility index (Phi) is 5.72. The number of nitrogens with zero attached hydrogens (tertiary/aromatic N) is 1. The van der Waals surface area contributed by atoms with E-state index in [0.29, 0.717) is 5.11 Å². The zero-order valence-electron chi connectivity index (χ0n) is 14.3. The lowest BCUT2D eigenvalue weighted by Crippen LogP contribution is -2.39. The molecule has 2 rings (SSSR count). The van der Waals surface area contributed by atoms with Gasteiger partial charge in [-0.25, -0.2) is 4.98 Å². The number of rotatable bonds is 5. The topological polar surface area (TPSA) is 37.0 Å². The Morgan fingerprint density at radius 2 is 1.87 bits per heavy atom. The van der Waals surface area contributed by atoms with Crippen molar-refractivity contribution in [3.05, 3.63) is 59.8 Å². The van der Waals surface area contributed by atoms with Gasteiger partial charge in [-0.05, 0) is 55.1 Å². The van der Waals surface area contributed by atoms with E-state index in [9.17, 15) is 0 Å². The van der Waals surface area contributed by atoms with Crippen molar-refractivity contribution in [2.45, 2.75) is 45.6 Å². The van der Waals surface area contributed by atoms with Gasteiger partial charge in [0.2, 0.25) is 0 Å². The van der Waals surface area contributed by atoms with Crippen LogP contribution in [0, 0.1) is 6.92 Å². The second-order valence-corrected chi connectivity index (χ2v) is 7.08. The molecule has 2 N–H and O–H groups in total. The summed E-state index contributed by atoms with van der Waals surface area (Å²) in [4.78, 5) is 4.31. The highest BCUT2D eigenvalue weighted by Gasteiger charge is 2.23. The molecule has 2 aromatic rings. The second kappa shape index (κ2) is 7.55. The number of pyridine rings is 1. The van der Waals surface area contributed by atoms with Gasteiger partial charge in [0.1, 0.15) is 5.82 Å². The number of hydrogen-bond acceptors (Lipinski definition) is 2. The molecular weight excluding hydrogens is 302 g/mol. The summed E-state index contributed by atoms with van der Waals surface area (Å²) in [5.74, 6) is 0.766. The summed E-state index contributed by atoms with van der Waals surface area (Å²) in [6, 6.07) is 14.8. The van der Waals surface area contributed by atoms with E-state index in [1.54, 1.807) is 0 Å². The first-order valence-electron chi connectivity index (χ1n) is 7.92. The van der Waals surface area contributed by atoms with Crippen LogP contribution in [0.15, 0.2) is 48.7 Å². The molecule has 0 aliphatic rings. The molecule has 1 aromatic carbocycles. The number of thiocarbonyl (C=S) groups is 1. The normalized spacial score (nSPS) is 12.5. The maximum atomic E-state index is 5.39. The van der Waals surface area contributed by atoms with Crippen LogP contribution >= 0.6 is 12.2 Å². The van der Waals surface area contributed by atoms with Gasteiger partial charge in [-0.15, -0.1) is 0 Å². The summed E-state index contributed by atoms with van der Waals surface area (Å²) in [6.45, 7) is 8.69. The molecule has 0 saturated heterocycles. The van der Waals surface area contributed by atoms with Crippen molar-refractivity contribution in [1.82, 2.24) is 10.3 Å². The molecule has 4 heteroatoms. The molecule has 23 heavy (non-hydrogen) atoms. The van der Waals surface area contributed by atoms with Crippen LogP contribution in [0.25, 0.3) is 0 Å².